The molecule has 0 unspecified atom stereocenters. The molecule has 2 aliphatic rings. The van der Waals surface area contributed by atoms with E-state index in [0.717, 1.165) is 22.8 Å². The fourth-order valence-electron chi connectivity index (χ4n) is 6.40. The van der Waals surface area contributed by atoms with Crippen molar-refractivity contribution < 1.29 is 9.53 Å². The van der Waals surface area contributed by atoms with Gasteiger partial charge in [0, 0.05) is 37.0 Å². The zero-order chi connectivity index (χ0) is 30.7. The number of hydrogen-bond donors (Lipinski definition) is 3. The van der Waals surface area contributed by atoms with Gasteiger partial charge in [-0.05, 0) is 38.0 Å². The highest BCUT2D eigenvalue weighted by atomic mass is 35.5. The molecule has 2 aliphatic heterocycles. The normalized spacial score (nSPS) is 19.7. The quantitative estimate of drug-likeness (QED) is 0.275. The van der Waals surface area contributed by atoms with Crippen molar-refractivity contribution in [2.45, 2.75) is 31.9 Å². The number of ether oxygens (including phenoxy) is 1. The van der Waals surface area contributed by atoms with E-state index >= 15 is 0 Å². The maximum Gasteiger partial charge on any atom is 0.334 e. The Morgan fingerprint density at radius 2 is 1.93 bits per heavy atom. The number of para-hydroxylation sites is 1. The minimum Gasteiger partial charge on any atom is -0.376 e. The molecule has 5 heterocycles. The summed E-state index contributed by atoms with van der Waals surface area (Å²) in [5.41, 5.74) is 6.41. The summed E-state index contributed by atoms with van der Waals surface area (Å²) in [5, 5.41) is 7.85. The summed E-state index contributed by atoms with van der Waals surface area (Å²) in [6, 6.07) is 10.00. The monoisotopic (exact) mass is 615 g/mol. The van der Waals surface area contributed by atoms with Gasteiger partial charge < -0.3 is 20.7 Å². The number of anilines is 2. The first-order valence-corrected chi connectivity index (χ1v) is 14.7. The molecule has 3 aromatic heterocycles. The Hall–Kier alpha value is -4.59. The van der Waals surface area contributed by atoms with Crippen LogP contribution in [0, 0.1) is 5.41 Å². The number of carbonyl (C=O) groups is 1. The number of amides is 1. The van der Waals surface area contributed by atoms with Crippen LogP contribution in [0.15, 0.2) is 58.4 Å². The summed E-state index contributed by atoms with van der Waals surface area (Å²) < 4.78 is 8.33. The average molecular weight is 616 g/mol. The fourth-order valence-corrected chi connectivity index (χ4v) is 6.66. The number of aryl methyl sites for hydroxylation is 1. The number of benzene rings is 2. The highest BCUT2D eigenvalue weighted by Crippen LogP contribution is 2.41. The highest BCUT2D eigenvalue weighted by Gasteiger charge is 2.47. The molecule has 44 heavy (non-hydrogen) atoms. The number of nitrogens with one attached hydrogen (secondary N) is 2. The summed E-state index contributed by atoms with van der Waals surface area (Å²) >= 11 is 6.69. The smallest absolute Gasteiger partial charge is 0.334 e. The summed E-state index contributed by atoms with van der Waals surface area (Å²) in [6.45, 7) is 4.06. The van der Waals surface area contributed by atoms with E-state index < -0.39 is 17.2 Å². The van der Waals surface area contributed by atoms with Gasteiger partial charge in [0.05, 0.1) is 52.6 Å². The molecular formula is C30H30ClN9O4. The molecule has 2 aromatic carbocycles. The lowest BCUT2D eigenvalue weighted by Gasteiger charge is -2.41. The first-order valence-electron chi connectivity index (χ1n) is 14.3. The van der Waals surface area contributed by atoms with Crippen LogP contribution in [0.4, 0.5) is 11.5 Å². The molecule has 2 fully saturated rings. The molecule has 7 rings (SSSR count). The summed E-state index contributed by atoms with van der Waals surface area (Å²) in [6.07, 6.45) is 4.93. The maximum atomic E-state index is 13.6. The molecule has 5 aromatic rings. The van der Waals surface area contributed by atoms with Crippen molar-refractivity contribution in [2.75, 3.05) is 29.9 Å². The zero-order valence-corrected chi connectivity index (χ0v) is 24.8. The number of halogens is 1. The maximum absolute atomic E-state index is 13.6. The molecule has 226 valence electrons. The van der Waals surface area contributed by atoms with Crippen LogP contribution in [0.1, 0.15) is 30.1 Å². The highest BCUT2D eigenvalue weighted by molar-refractivity contribution is 6.35. The van der Waals surface area contributed by atoms with E-state index in [1.165, 1.54) is 12.3 Å². The van der Waals surface area contributed by atoms with Crippen molar-refractivity contribution in [3.8, 4) is 5.69 Å². The summed E-state index contributed by atoms with van der Waals surface area (Å²) in [7, 11) is 1.75. The number of hydrogen-bond acceptors (Lipinski definition) is 9. The number of fused-ring (bicyclic) bond motifs is 2. The lowest BCUT2D eigenvalue weighted by atomic mass is 9.73. The number of rotatable bonds is 4. The van der Waals surface area contributed by atoms with Crippen LogP contribution >= 0.6 is 11.6 Å². The summed E-state index contributed by atoms with van der Waals surface area (Å²) in [5.74, 6) is 0.142. The van der Waals surface area contributed by atoms with Crippen molar-refractivity contribution in [3.63, 3.8) is 0 Å². The Labute approximate surface area is 255 Å². The van der Waals surface area contributed by atoms with Crippen LogP contribution in [-0.4, -0.2) is 67.0 Å². The number of nitrogens with two attached hydrogens (primary N) is 1. The van der Waals surface area contributed by atoms with Gasteiger partial charge in [-0.2, -0.15) is 5.10 Å². The third-order valence-corrected chi connectivity index (χ3v) is 9.39. The molecule has 0 aliphatic carbocycles. The molecule has 1 spiro atoms. The number of nitrogens with zero attached hydrogens (tertiary/aromatic N) is 6. The van der Waals surface area contributed by atoms with Gasteiger partial charge in [0.1, 0.15) is 5.82 Å². The standard InChI is InChI=1S/C30H30ClN9O4/c1-16-25(32)30(15-44-16)9-11-39(12-10-30)21-14-33-23-26(36-21)37-29(43)40(28(23)42)20-8-4-7-19(22(20)31)35-27(41)18-6-3-5-17-13-34-38(2)24(17)18/h3-8,13-14,16,25H,9-12,15,32H2,1-2H3,(H,35,41)(H,36,37,43)/t16-,25+/m0/s1. The van der Waals surface area contributed by atoms with E-state index in [1.807, 2.05) is 13.0 Å². The van der Waals surface area contributed by atoms with E-state index in [-0.39, 0.29) is 45.1 Å². The predicted octanol–water partition coefficient (Wildman–Crippen LogP) is 2.59. The molecule has 0 bridgehead atoms. The number of aromatic nitrogens is 6. The Kier molecular flexibility index (Phi) is 6.76. The van der Waals surface area contributed by atoms with Gasteiger partial charge in [0.15, 0.2) is 11.2 Å². The van der Waals surface area contributed by atoms with E-state index in [4.69, 9.17) is 22.1 Å². The van der Waals surface area contributed by atoms with Crippen molar-refractivity contribution in [3.05, 3.63) is 80.2 Å². The lowest BCUT2D eigenvalue weighted by Crippen LogP contribution is -2.50. The third kappa shape index (κ3) is 4.46. The predicted molar refractivity (Wildman–Crippen MR) is 167 cm³/mol. The van der Waals surface area contributed by atoms with E-state index in [1.54, 1.807) is 42.2 Å². The Morgan fingerprint density at radius 3 is 2.68 bits per heavy atom. The van der Waals surface area contributed by atoms with Crippen LogP contribution in [-0.2, 0) is 11.8 Å². The van der Waals surface area contributed by atoms with Crippen LogP contribution in [0.25, 0.3) is 27.8 Å². The zero-order valence-electron chi connectivity index (χ0n) is 24.1. The van der Waals surface area contributed by atoms with Crippen LogP contribution in [0.5, 0.6) is 0 Å². The second-order valence-electron chi connectivity index (χ2n) is 11.5. The second-order valence-corrected chi connectivity index (χ2v) is 11.9. The molecule has 0 radical (unpaired) electrons. The largest absolute Gasteiger partial charge is 0.376 e. The molecule has 14 heteroatoms. The molecular weight excluding hydrogens is 586 g/mol. The van der Waals surface area contributed by atoms with Gasteiger partial charge in [-0.3, -0.25) is 19.3 Å². The van der Waals surface area contributed by atoms with Crippen LogP contribution in [0.2, 0.25) is 5.02 Å². The van der Waals surface area contributed by atoms with Crippen LogP contribution < -0.4 is 27.2 Å². The molecule has 2 saturated heterocycles. The molecule has 0 saturated carbocycles. The molecule has 13 nitrogen and oxygen atoms in total. The lowest BCUT2D eigenvalue weighted by molar-refractivity contribution is 0.0974. The minimum absolute atomic E-state index is 0.0141. The van der Waals surface area contributed by atoms with Crippen LogP contribution in [0.3, 0.4) is 0 Å². The van der Waals surface area contributed by atoms with Gasteiger partial charge in [-0.15, -0.1) is 0 Å². The number of H-pyrrole nitrogens is 1. The van der Waals surface area contributed by atoms with Gasteiger partial charge in [-0.1, -0.05) is 29.8 Å². The van der Waals surface area contributed by atoms with Gasteiger partial charge in [0.2, 0.25) is 0 Å². The minimum atomic E-state index is -0.736. The Balaban J connectivity index is 1.18. The first-order chi connectivity index (χ1) is 21.2. The van der Waals surface area contributed by atoms with Gasteiger partial charge in [-0.25, -0.2) is 19.3 Å². The van der Waals surface area contributed by atoms with E-state index in [0.29, 0.717) is 36.6 Å². The number of carbonyl (C=O) groups excluding carboxylic acids is 1. The third-order valence-electron chi connectivity index (χ3n) is 9.00. The molecule has 4 N–H and O–H groups in total. The Morgan fingerprint density at radius 1 is 1.16 bits per heavy atom. The number of aromatic amines is 1. The van der Waals surface area contributed by atoms with E-state index in [9.17, 15) is 14.4 Å². The van der Waals surface area contributed by atoms with Crippen molar-refractivity contribution in [1.29, 1.82) is 0 Å². The molecule has 1 amide bonds. The first kappa shape index (κ1) is 28.2. The Bertz CT molecular complexity index is 2060. The van der Waals surface area contributed by atoms with E-state index in [2.05, 4.69) is 30.3 Å². The van der Waals surface area contributed by atoms with Crippen molar-refractivity contribution in [1.82, 2.24) is 29.3 Å². The van der Waals surface area contributed by atoms with Gasteiger partial charge in [0.25, 0.3) is 11.5 Å². The fraction of sp³-hybridized carbons (Fsp3) is 0.333. The summed E-state index contributed by atoms with van der Waals surface area (Å²) in [4.78, 5) is 53.9. The van der Waals surface area contributed by atoms with Gasteiger partial charge >= 0.3 is 5.69 Å². The average Bonchev–Trinajstić information content (AvgIpc) is 3.53. The topological polar surface area (TPSA) is 166 Å². The SMILES string of the molecule is C[C@@H]1OCC2(CCN(c3cnc4c(=O)n(-c5cccc(NC(=O)c6cccc7cnn(C)c67)c5Cl)c(=O)[nH]c4n3)CC2)[C@@H]1N. The van der Waals surface area contributed by atoms with Crippen molar-refractivity contribution in [2.24, 2.45) is 18.2 Å². The second kappa shape index (κ2) is 10.5. The van der Waals surface area contributed by atoms with Crippen molar-refractivity contribution >= 4 is 51.1 Å². The number of piperidine rings is 1. The molecule has 2 atom stereocenters.